The lowest BCUT2D eigenvalue weighted by molar-refractivity contribution is -0.660. The Morgan fingerprint density at radius 1 is 1.00 bits per heavy atom. The molecule has 1 saturated carbocycles. The van der Waals surface area contributed by atoms with E-state index in [2.05, 4.69) is 73.3 Å². The number of aromatic nitrogens is 1. The zero-order chi connectivity index (χ0) is 18.6. The quantitative estimate of drug-likeness (QED) is 0.411. The predicted octanol–water partition coefficient (Wildman–Crippen LogP) is 5.72. The Morgan fingerprint density at radius 2 is 1.81 bits per heavy atom. The molecule has 130 valence electrons. The van der Waals surface area contributed by atoms with Crippen molar-refractivity contribution in [2.75, 3.05) is 0 Å². The van der Waals surface area contributed by atoms with Gasteiger partial charge < -0.3 is 0 Å². The SMILES string of the molecule is [2H]C1(c2cc[n+](C)c(-c3c(C)ccc4c3Cc3ccccc3-4)c2)CCCC1. The summed E-state index contributed by atoms with van der Waals surface area (Å²) in [6.45, 7) is 2.22. The maximum atomic E-state index is 8.95. The first kappa shape index (κ1) is 14.7. The number of fused-ring (bicyclic) bond motifs is 3. The monoisotopic (exact) mass is 341 g/mol. The Kier molecular flexibility index (Phi) is 3.45. The summed E-state index contributed by atoms with van der Waals surface area (Å²) in [6.07, 6.45) is 7.47. The summed E-state index contributed by atoms with van der Waals surface area (Å²) in [5.41, 5.74) is 10.7. The normalized spacial score (nSPS) is 17.7. The molecule has 1 nitrogen and oxygen atoms in total. The maximum Gasteiger partial charge on any atom is 0.213 e. The van der Waals surface area contributed by atoms with E-state index in [0.717, 1.165) is 19.3 Å². The number of nitrogens with zero attached hydrogens (tertiary/aromatic N) is 1. The van der Waals surface area contributed by atoms with Crippen LogP contribution < -0.4 is 4.57 Å². The number of hydrogen-bond donors (Lipinski definition) is 0. The third kappa shape index (κ3) is 2.41. The van der Waals surface area contributed by atoms with Gasteiger partial charge in [0.1, 0.15) is 7.05 Å². The molecule has 5 rings (SSSR count). The van der Waals surface area contributed by atoms with E-state index in [1.54, 1.807) is 0 Å². The van der Waals surface area contributed by atoms with Crippen molar-refractivity contribution in [3.8, 4) is 22.4 Å². The molecule has 0 amide bonds. The average Bonchev–Trinajstić information content (AvgIpc) is 3.27. The fourth-order valence-electron chi connectivity index (χ4n) is 4.81. The second-order valence-electron chi connectivity index (χ2n) is 7.84. The van der Waals surface area contributed by atoms with E-state index in [1.165, 1.54) is 57.5 Å². The number of aryl methyl sites for hydroxylation is 2. The summed E-state index contributed by atoms with van der Waals surface area (Å²) < 4.78 is 11.2. The van der Waals surface area contributed by atoms with Crippen LogP contribution in [0.4, 0.5) is 0 Å². The van der Waals surface area contributed by atoms with Crippen molar-refractivity contribution in [3.05, 3.63) is 77.0 Å². The van der Waals surface area contributed by atoms with Crippen molar-refractivity contribution in [1.82, 2.24) is 0 Å². The van der Waals surface area contributed by atoms with Crippen LogP contribution in [0.2, 0.25) is 0 Å². The van der Waals surface area contributed by atoms with Gasteiger partial charge in [-0.15, -0.1) is 0 Å². The summed E-state index contributed by atoms with van der Waals surface area (Å²) in [6, 6.07) is 17.8. The van der Waals surface area contributed by atoms with Gasteiger partial charge in [-0.05, 0) is 65.5 Å². The molecule has 2 aliphatic rings. The fraction of sp³-hybridized carbons (Fsp3) is 0.320. The molecule has 2 aliphatic carbocycles. The van der Waals surface area contributed by atoms with Crippen LogP contribution in [0.25, 0.3) is 22.4 Å². The predicted molar refractivity (Wildman–Crippen MR) is 107 cm³/mol. The average molecular weight is 341 g/mol. The zero-order valence-corrected chi connectivity index (χ0v) is 15.7. The van der Waals surface area contributed by atoms with Gasteiger partial charge in [0.15, 0.2) is 6.20 Å². The molecule has 0 bridgehead atoms. The molecule has 1 heterocycles. The molecular weight excluding hydrogens is 314 g/mol. The topological polar surface area (TPSA) is 3.88 Å². The molecule has 1 aromatic heterocycles. The van der Waals surface area contributed by atoms with Gasteiger partial charge in [-0.2, -0.15) is 0 Å². The minimum atomic E-state index is -0.405. The molecule has 1 heteroatoms. The molecule has 0 atom stereocenters. The highest BCUT2D eigenvalue weighted by molar-refractivity contribution is 5.84. The van der Waals surface area contributed by atoms with E-state index in [0.29, 0.717) is 0 Å². The van der Waals surface area contributed by atoms with Gasteiger partial charge in [-0.1, -0.05) is 49.2 Å². The van der Waals surface area contributed by atoms with Gasteiger partial charge >= 0.3 is 0 Å². The smallest absolute Gasteiger partial charge is 0.201 e. The van der Waals surface area contributed by atoms with Crippen molar-refractivity contribution in [1.29, 1.82) is 0 Å². The first-order valence-corrected chi connectivity index (χ1v) is 9.78. The van der Waals surface area contributed by atoms with E-state index in [1.807, 2.05) is 0 Å². The number of benzene rings is 2. The Bertz CT molecular complexity index is 1040. The largest absolute Gasteiger partial charge is 0.213 e. The van der Waals surface area contributed by atoms with Crippen LogP contribution in [0.5, 0.6) is 0 Å². The Labute approximate surface area is 157 Å². The van der Waals surface area contributed by atoms with Crippen LogP contribution in [-0.4, -0.2) is 0 Å². The van der Waals surface area contributed by atoms with E-state index in [4.69, 9.17) is 1.37 Å². The molecule has 3 aromatic rings. The molecule has 1 fully saturated rings. The second kappa shape index (κ2) is 6.09. The number of hydrogen-bond acceptors (Lipinski definition) is 0. The van der Waals surface area contributed by atoms with E-state index in [-0.39, 0.29) is 0 Å². The molecule has 0 saturated heterocycles. The van der Waals surface area contributed by atoms with Gasteiger partial charge in [-0.3, -0.25) is 0 Å². The zero-order valence-electron chi connectivity index (χ0n) is 16.7. The third-order valence-electron chi connectivity index (χ3n) is 6.22. The Hall–Kier alpha value is -2.41. The van der Waals surface area contributed by atoms with Crippen molar-refractivity contribution in [2.24, 2.45) is 7.05 Å². The highest BCUT2D eigenvalue weighted by Crippen LogP contribution is 2.43. The van der Waals surface area contributed by atoms with Gasteiger partial charge in [-0.25, -0.2) is 4.57 Å². The molecule has 0 spiro atoms. The lowest BCUT2D eigenvalue weighted by Crippen LogP contribution is -2.31. The Morgan fingerprint density at radius 3 is 2.65 bits per heavy atom. The minimum absolute atomic E-state index is 0.405. The lowest BCUT2D eigenvalue weighted by Gasteiger charge is -2.14. The molecule has 2 aromatic carbocycles. The van der Waals surface area contributed by atoms with Crippen LogP contribution >= 0.6 is 0 Å². The van der Waals surface area contributed by atoms with Gasteiger partial charge in [0.2, 0.25) is 5.69 Å². The highest BCUT2D eigenvalue weighted by Gasteiger charge is 2.27. The molecule has 0 radical (unpaired) electrons. The third-order valence-corrected chi connectivity index (χ3v) is 6.22. The van der Waals surface area contributed by atoms with Crippen LogP contribution in [-0.2, 0) is 13.5 Å². The number of pyridine rings is 1. The maximum absolute atomic E-state index is 8.95. The van der Waals surface area contributed by atoms with Crippen LogP contribution in [0.3, 0.4) is 0 Å². The van der Waals surface area contributed by atoms with Crippen LogP contribution in [0.1, 0.15) is 55.2 Å². The van der Waals surface area contributed by atoms with Crippen molar-refractivity contribution in [3.63, 3.8) is 0 Å². The summed E-state index contributed by atoms with van der Waals surface area (Å²) in [4.78, 5) is 0. The Balaban J connectivity index is 1.70. The van der Waals surface area contributed by atoms with Gasteiger partial charge in [0, 0.05) is 13.5 Å². The lowest BCUT2D eigenvalue weighted by atomic mass is 9.91. The molecule has 26 heavy (non-hydrogen) atoms. The molecular formula is C25H26N+. The standard InChI is InChI=1S/C25H26N/c1-17-11-12-22-21-10-6-5-9-20(21)15-23(22)25(17)24-16-19(13-14-26(24)2)18-7-3-4-8-18/h5-6,9-14,16,18H,3-4,7-8,15H2,1-2H3/q+1/i18D. The van der Waals surface area contributed by atoms with Gasteiger partial charge in [0.05, 0.1) is 5.56 Å². The summed E-state index contributed by atoms with van der Waals surface area (Å²) in [5.74, 6) is -0.405. The summed E-state index contributed by atoms with van der Waals surface area (Å²) in [7, 11) is 2.13. The first-order chi connectivity index (χ1) is 13.1. The highest BCUT2D eigenvalue weighted by atomic mass is 14.9. The number of rotatable bonds is 2. The van der Waals surface area contributed by atoms with E-state index >= 15 is 0 Å². The summed E-state index contributed by atoms with van der Waals surface area (Å²) >= 11 is 0. The van der Waals surface area contributed by atoms with Crippen LogP contribution in [0, 0.1) is 6.92 Å². The van der Waals surface area contributed by atoms with Crippen molar-refractivity contribution >= 4 is 0 Å². The van der Waals surface area contributed by atoms with Gasteiger partial charge in [0.25, 0.3) is 0 Å². The van der Waals surface area contributed by atoms with E-state index in [9.17, 15) is 0 Å². The van der Waals surface area contributed by atoms with E-state index < -0.39 is 5.89 Å². The van der Waals surface area contributed by atoms with Crippen molar-refractivity contribution in [2.45, 2.75) is 44.9 Å². The molecule has 0 aliphatic heterocycles. The second-order valence-corrected chi connectivity index (χ2v) is 7.84. The van der Waals surface area contributed by atoms with Crippen molar-refractivity contribution < 1.29 is 5.94 Å². The molecule has 0 N–H and O–H groups in total. The fourth-order valence-corrected chi connectivity index (χ4v) is 4.81. The first-order valence-electron chi connectivity index (χ1n) is 10.3. The molecule has 0 unspecified atom stereocenters. The minimum Gasteiger partial charge on any atom is -0.201 e. The summed E-state index contributed by atoms with van der Waals surface area (Å²) in [5, 5.41) is 0. The van der Waals surface area contributed by atoms with Crippen LogP contribution in [0.15, 0.2) is 54.7 Å².